The summed E-state index contributed by atoms with van der Waals surface area (Å²) >= 11 is 0. The number of nitriles is 1. The fourth-order valence-corrected chi connectivity index (χ4v) is 11.4. The Labute approximate surface area is 277 Å². The molecule has 258 valence electrons. The van der Waals surface area contributed by atoms with Crippen LogP contribution < -0.4 is 0 Å². The molecule has 0 radical (unpaired) electrons. The first-order valence-corrected chi connectivity index (χ1v) is 17.2. The van der Waals surface area contributed by atoms with Crippen molar-refractivity contribution in [2.45, 2.75) is 124 Å². The lowest BCUT2D eigenvalue weighted by Gasteiger charge is -2.68. The first-order chi connectivity index (χ1) is 21.7. The third-order valence-electron chi connectivity index (χ3n) is 14.3. The summed E-state index contributed by atoms with van der Waals surface area (Å²) in [5.74, 6) is -1.73. The molecule has 3 saturated carbocycles. The summed E-state index contributed by atoms with van der Waals surface area (Å²) in [6.45, 7) is 14.0. The standard InChI is InChI=1S/C37H51NO9/c1-32(2)10-12-37(31(45)47-30-28(43)27(42)26(41)22(18-39)46-30)13-11-36(7)25(20(37)16-32)21(40)14-24-34(5)15-19(17-38)29(44)33(3,4)23(34)8-9-35(24,36)6/h14-15,20,22-23,25-28,30,39,41-43H,8-13,16,18H2,1-7H3/t20-,22+,23-,25-,26+,27-,28+,30-,34-,35+,36+,37-/m0/s1. The van der Waals surface area contributed by atoms with Crippen LogP contribution in [0, 0.1) is 61.6 Å². The highest BCUT2D eigenvalue weighted by Crippen LogP contribution is 2.74. The van der Waals surface area contributed by atoms with Crippen molar-refractivity contribution in [2.75, 3.05) is 6.61 Å². The molecule has 1 aliphatic heterocycles. The number of allylic oxidation sites excluding steroid dienone is 4. The monoisotopic (exact) mass is 653 g/mol. The van der Waals surface area contributed by atoms with E-state index in [9.17, 15) is 40.1 Å². The van der Waals surface area contributed by atoms with Gasteiger partial charge >= 0.3 is 5.97 Å². The van der Waals surface area contributed by atoms with Gasteiger partial charge in [0.15, 0.2) is 11.6 Å². The van der Waals surface area contributed by atoms with Crippen molar-refractivity contribution in [3.8, 4) is 6.07 Å². The highest BCUT2D eigenvalue weighted by Gasteiger charge is 2.71. The molecule has 47 heavy (non-hydrogen) atoms. The van der Waals surface area contributed by atoms with Crippen LogP contribution in [0.1, 0.15) is 93.4 Å². The summed E-state index contributed by atoms with van der Waals surface area (Å²) < 4.78 is 11.4. The summed E-state index contributed by atoms with van der Waals surface area (Å²) in [4.78, 5) is 42.5. The average molecular weight is 654 g/mol. The minimum absolute atomic E-state index is 0.0455. The Morgan fingerprint density at radius 2 is 1.64 bits per heavy atom. The van der Waals surface area contributed by atoms with Gasteiger partial charge in [-0.3, -0.25) is 14.4 Å². The number of ketones is 2. The highest BCUT2D eigenvalue weighted by molar-refractivity contribution is 6.04. The molecular formula is C37H51NO9. The van der Waals surface area contributed by atoms with E-state index in [1.165, 1.54) is 0 Å². The zero-order chi connectivity index (χ0) is 34.7. The predicted octanol–water partition coefficient (Wildman–Crippen LogP) is 3.55. The van der Waals surface area contributed by atoms with Crippen LogP contribution in [-0.4, -0.2) is 75.3 Å². The maximum Gasteiger partial charge on any atom is 0.314 e. The topological polar surface area (TPSA) is 174 Å². The first-order valence-electron chi connectivity index (χ1n) is 17.2. The Bertz CT molecular complexity index is 1490. The van der Waals surface area contributed by atoms with Crippen LogP contribution in [0.25, 0.3) is 0 Å². The number of nitrogens with zero attached hydrogens (tertiary/aromatic N) is 1. The molecule has 5 aliphatic carbocycles. The Morgan fingerprint density at radius 1 is 0.979 bits per heavy atom. The lowest BCUT2D eigenvalue weighted by Crippen LogP contribution is -2.66. The number of aliphatic hydroxyl groups excluding tert-OH is 4. The van der Waals surface area contributed by atoms with E-state index in [0.29, 0.717) is 25.7 Å². The van der Waals surface area contributed by atoms with Gasteiger partial charge in [-0.1, -0.05) is 60.1 Å². The van der Waals surface area contributed by atoms with Gasteiger partial charge in [-0.25, -0.2) is 0 Å². The third kappa shape index (κ3) is 4.56. The van der Waals surface area contributed by atoms with E-state index in [0.717, 1.165) is 24.8 Å². The van der Waals surface area contributed by atoms with Crippen LogP contribution in [0.3, 0.4) is 0 Å². The van der Waals surface area contributed by atoms with Crippen LogP contribution >= 0.6 is 0 Å². The van der Waals surface area contributed by atoms with Crippen molar-refractivity contribution in [3.63, 3.8) is 0 Å². The lowest BCUT2D eigenvalue weighted by atomic mass is 9.34. The second-order valence-electron chi connectivity index (χ2n) is 17.5. The summed E-state index contributed by atoms with van der Waals surface area (Å²) in [6.07, 6.45) is 0.215. The zero-order valence-corrected chi connectivity index (χ0v) is 28.7. The van der Waals surface area contributed by atoms with Gasteiger partial charge in [0.1, 0.15) is 30.5 Å². The largest absolute Gasteiger partial charge is 0.432 e. The van der Waals surface area contributed by atoms with Crippen molar-refractivity contribution in [1.29, 1.82) is 5.26 Å². The first kappa shape index (κ1) is 34.4. The highest BCUT2D eigenvalue weighted by atomic mass is 16.7. The molecular weight excluding hydrogens is 602 g/mol. The van der Waals surface area contributed by atoms with Crippen LogP contribution in [0.2, 0.25) is 0 Å². The quantitative estimate of drug-likeness (QED) is 0.330. The van der Waals surface area contributed by atoms with Crippen LogP contribution in [-0.2, 0) is 23.9 Å². The van der Waals surface area contributed by atoms with Crippen molar-refractivity contribution in [1.82, 2.24) is 0 Å². The summed E-state index contributed by atoms with van der Waals surface area (Å²) in [5, 5.41) is 50.9. The van der Waals surface area contributed by atoms with Gasteiger partial charge in [-0.05, 0) is 79.1 Å². The molecule has 0 amide bonds. The van der Waals surface area contributed by atoms with Gasteiger partial charge in [0.2, 0.25) is 6.29 Å². The average Bonchev–Trinajstić information content (AvgIpc) is 3.00. The van der Waals surface area contributed by atoms with Crippen molar-refractivity contribution in [3.05, 3.63) is 23.3 Å². The van der Waals surface area contributed by atoms with Gasteiger partial charge in [0.25, 0.3) is 0 Å². The van der Waals surface area contributed by atoms with E-state index in [2.05, 4.69) is 40.7 Å². The fourth-order valence-electron chi connectivity index (χ4n) is 11.4. The summed E-state index contributed by atoms with van der Waals surface area (Å²) in [5.41, 5.74) is -2.47. The molecule has 4 N–H and O–H groups in total. The second kappa shape index (κ2) is 10.8. The Morgan fingerprint density at radius 3 is 2.28 bits per heavy atom. The molecule has 0 bridgehead atoms. The van der Waals surface area contributed by atoms with Gasteiger partial charge in [-0.2, -0.15) is 5.26 Å². The molecule has 1 saturated heterocycles. The van der Waals surface area contributed by atoms with Crippen molar-refractivity contribution < 1.29 is 44.3 Å². The van der Waals surface area contributed by atoms with Crippen molar-refractivity contribution in [2.24, 2.45) is 50.2 Å². The van der Waals surface area contributed by atoms with E-state index in [-0.39, 0.29) is 34.4 Å². The molecule has 4 fully saturated rings. The fraction of sp³-hybridized carbons (Fsp3) is 0.784. The van der Waals surface area contributed by atoms with Crippen molar-refractivity contribution >= 4 is 17.5 Å². The van der Waals surface area contributed by atoms with E-state index < -0.39 is 76.3 Å². The van der Waals surface area contributed by atoms with Gasteiger partial charge in [0, 0.05) is 16.7 Å². The molecule has 0 unspecified atom stereocenters. The normalized spacial score (nSPS) is 48.4. The Balaban J connectivity index is 1.42. The Hall–Kier alpha value is -2.42. The molecule has 0 aromatic heterocycles. The second-order valence-corrected chi connectivity index (χ2v) is 17.5. The molecule has 6 rings (SSSR count). The number of rotatable bonds is 3. The number of aliphatic hydroxyl groups is 4. The van der Waals surface area contributed by atoms with Gasteiger partial charge in [-0.15, -0.1) is 0 Å². The molecule has 0 aromatic rings. The lowest BCUT2D eigenvalue weighted by molar-refractivity contribution is -0.298. The van der Waals surface area contributed by atoms with E-state index in [1.54, 1.807) is 6.08 Å². The molecule has 0 aromatic carbocycles. The number of ether oxygens (including phenoxy) is 2. The maximum absolute atomic E-state index is 14.7. The van der Waals surface area contributed by atoms with Crippen LogP contribution in [0.15, 0.2) is 23.3 Å². The van der Waals surface area contributed by atoms with Crippen LogP contribution in [0.4, 0.5) is 0 Å². The molecule has 12 atom stereocenters. The smallest absolute Gasteiger partial charge is 0.314 e. The zero-order valence-electron chi connectivity index (χ0n) is 28.7. The Kier molecular flexibility index (Phi) is 7.91. The molecule has 6 aliphatic rings. The summed E-state index contributed by atoms with van der Waals surface area (Å²) in [6, 6.07) is 2.14. The van der Waals surface area contributed by atoms with Crippen LogP contribution in [0.5, 0.6) is 0 Å². The maximum atomic E-state index is 14.7. The third-order valence-corrected chi connectivity index (χ3v) is 14.3. The number of Topliss-reactive ketones (excluding diaryl/α,β-unsaturated/α-hetero) is 1. The minimum atomic E-state index is -1.71. The number of hydrogen-bond donors (Lipinski definition) is 4. The van der Waals surface area contributed by atoms with Gasteiger partial charge in [0.05, 0.1) is 17.6 Å². The molecule has 10 heteroatoms. The molecule has 10 nitrogen and oxygen atoms in total. The number of esters is 1. The predicted molar refractivity (Wildman–Crippen MR) is 169 cm³/mol. The molecule has 1 heterocycles. The van der Waals surface area contributed by atoms with Gasteiger partial charge < -0.3 is 29.9 Å². The van der Waals surface area contributed by atoms with E-state index in [1.807, 2.05) is 19.9 Å². The number of hydrogen-bond acceptors (Lipinski definition) is 10. The number of fused-ring (bicyclic) bond motifs is 7. The summed E-state index contributed by atoms with van der Waals surface area (Å²) in [7, 11) is 0. The molecule has 0 spiro atoms. The number of carbonyl (C=O) groups is 3. The van der Waals surface area contributed by atoms with E-state index in [4.69, 9.17) is 9.47 Å². The minimum Gasteiger partial charge on any atom is -0.432 e. The number of carbonyl (C=O) groups excluding carboxylic acids is 3. The SMILES string of the molecule is CC1(C)CC[C@]2(C(=O)O[C@@H]3O[C@H](CO)[C@@H](O)[C@H](O)[C@H]3O)CC[C@]3(C)[C@H](C(=O)C=C4[C@@]5(C)C=C(C#N)C(=O)C(C)(C)[C@@H]5CC[C@]43C)[C@@H]2C1. The van der Waals surface area contributed by atoms with E-state index >= 15 is 0 Å².